The lowest BCUT2D eigenvalue weighted by Crippen LogP contribution is -2.24. The Morgan fingerprint density at radius 1 is 1.50 bits per heavy atom. The molecule has 100 valence electrons. The Morgan fingerprint density at radius 2 is 2.22 bits per heavy atom. The van der Waals surface area contributed by atoms with Crippen molar-refractivity contribution in [3.8, 4) is 0 Å². The van der Waals surface area contributed by atoms with E-state index in [0.29, 0.717) is 6.54 Å². The van der Waals surface area contributed by atoms with Crippen LogP contribution in [0.2, 0.25) is 0 Å². The fourth-order valence-electron chi connectivity index (χ4n) is 1.66. The molecule has 1 heterocycles. The zero-order valence-electron chi connectivity index (χ0n) is 9.76. The molecule has 0 atom stereocenters. The zero-order valence-corrected chi connectivity index (χ0v) is 11.4. The third-order valence-corrected chi connectivity index (χ3v) is 5.38. The molecule has 0 bridgehead atoms. The van der Waals surface area contributed by atoms with E-state index in [2.05, 4.69) is 4.72 Å². The normalized spacial score (nSPS) is 15.8. The predicted molar refractivity (Wildman–Crippen MR) is 68.4 cm³/mol. The van der Waals surface area contributed by atoms with Gasteiger partial charge in [0, 0.05) is 11.9 Å². The van der Waals surface area contributed by atoms with Crippen LogP contribution in [0.4, 0.5) is 0 Å². The second kappa shape index (κ2) is 5.38. The number of rotatable bonds is 7. The van der Waals surface area contributed by atoms with Crippen LogP contribution in [0.1, 0.15) is 35.4 Å². The van der Waals surface area contributed by atoms with E-state index in [1.54, 1.807) is 0 Å². The predicted octanol–water partition coefficient (Wildman–Crippen LogP) is 1.91. The van der Waals surface area contributed by atoms with E-state index in [1.165, 1.54) is 24.3 Å². The molecule has 7 heteroatoms. The van der Waals surface area contributed by atoms with Gasteiger partial charge in [0.25, 0.3) is 0 Å². The van der Waals surface area contributed by atoms with Crippen LogP contribution in [0, 0.1) is 5.92 Å². The Hall–Kier alpha value is -0.920. The van der Waals surface area contributed by atoms with E-state index in [0.717, 1.165) is 30.1 Å². The third kappa shape index (κ3) is 3.54. The van der Waals surface area contributed by atoms with Gasteiger partial charge in [-0.15, -0.1) is 11.3 Å². The summed E-state index contributed by atoms with van der Waals surface area (Å²) < 4.78 is 26.2. The van der Waals surface area contributed by atoms with Crippen LogP contribution in [-0.4, -0.2) is 26.0 Å². The van der Waals surface area contributed by atoms with Crippen LogP contribution in [0.15, 0.2) is 16.3 Å². The summed E-state index contributed by atoms with van der Waals surface area (Å²) in [5.41, 5.74) is 0. The van der Waals surface area contributed by atoms with Gasteiger partial charge >= 0.3 is 5.97 Å². The van der Waals surface area contributed by atoms with Crippen molar-refractivity contribution in [2.75, 3.05) is 6.54 Å². The average molecular weight is 289 g/mol. The van der Waals surface area contributed by atoms with Crippen LogP contribution >= 0.6 is 11.3 Å². The van der Waals surface area contributed by atoms with Gasteiger partial charge in [-0.2, -0.15) is 0 Å². The maximum Gasteiger partial charge on any atom is 0.345 e. The van der Waals surface area contributed by atoms with E-state index in [1.807, 2.05) is 0 Å². The molecule has 0 unspecified atom stereocenters. The van der Waals surface area contributed by atoms with E-state index in [4.69, 9.17) is 5.11 Å². The third-order valence-electron chi connectivity index (χ3n) is 2.87. The molecule has 5 nitrogen and oxygen atoms in total. The quantitative estimate of drug-likeness (QED) is 0.751. The van der Waals surface area contributed by atoms with Crippen molar-refractivity contribution in [1.82, 2.24) is 4.72 Å². The van der Waals surface area contributed by atoms with Crippen molar-refractivity contribution >= 4 is 27.3 Å². The minimum absolute atomic E-state index is 0.0355. The summed E-state index contributed by atoms with van der Waals surface area (Å²) in [6.45, 7) is 0.414. The highest BCUT2D eigenvalue weighted by molar-refractivity contribution is 7.89. The topological polar surface area (TPSA) is 83.5 Å². The highest BCUT2D eigenvalue weighted by Crippen LogP contribution is 2.33. The van der Waals surface area contributed by atoms with E-state index >= 15 is 0 Å². The smallest absolute Gasteiger partial charge is 0.345 e. The van der Waals surface area contributed by atoms with E-state index in [-0.39, 0.29) is 9.77 Å². The van der Waals surface area contributed by atoms with E-state index < -0.39 is 16.0 Å². The van der Waals surface area contributed by atoms with Gasteiger partial charge in [0.1, 0.15) is 4.88 Å². The van der Waals surface area contributed by atoms with Crippen molar-refractivity contribution in [2.24, 2.45) is 5.92 Å². The maximum absolute atomic E-state index is 11.8. The molecule has 18 heavy (non-hydrogen) atoms. The Balaban J connectivity index is 1.89. The summed E-state index contributed by atoms with van der Waals surface area (Å²) in [5, 5.41) is 10.1. The molecular formula is C11H15NO4S2. The molecule has 0 amide bonds. The van der Waals surface area contributed by atoms with Gasteiger partial charge in [0.2, 0.25) is 10.0 Å². The van der Waals surface area contributed by atoms with Gasteiger partial charge in [-0.05, 0) is 24.8 Å². The molecule has 1 aliphatic carbocycles. The molecule has 0 aliphatic heterocycles. The minimum Gasteiger partial charge on any atom is -0.477 e. The van der Waals surface area contributed by atoms with Crippen LogP contribution < -0.4 is 4.72 Å². The first-order valence-electron chi connectivity index (χ1n) is 5.80. The number of carboxylic acid groups (broad SMARTS) is 1. The SMILES string of the molecule is O=C(O)c1cc(S(=O)(=O)NCCCC2CC2)cs1. The zero-order chi connectivity index (χ0) is 13.2. The lowest BCUT2D eigenvalue weighted by molar-refractivity contribution is 0.0702. The molecule has 1 saturated carbocycles. The summed E-state index contributed by atoms with van der Waals surface area (Å²) in [7, 11) is -3.55. The molecule has 0 saturated heterocycles. The monoisotopic (exact) mass is 289 g/mol. The second-order valence-electron chi connectivity index (χ2n) is 4.44. The summed E-state index contributed by atoms with van der Waals surface area (Å²) >= 11 is 0.920. The first-order valence-corrected chi connectivity index (χ1v) is 8.17. The lowest BCUT2D eigenvalue weighted by Gasteiger charge is -2.04. The molecule has 0 radical (unpaired) electrons. The number of carbonyl (C=O) groups is 1. The number of thiophene rings is 1. The largest absolute Gasteiger partial charge is 0.477 e. The van der Waals surface area contributed by atoms with Crippen LogP contribution in [0.5, 0.6) is 0 Å². The molecule has 2 N–H and O–H groups in total. The van der Waals surface area contributed by atoms with Gasteiger partial charge in [-0.3, -0.25) is 0 Å². The van der Waals surface area contributed by atoms with Crippen molar-refractivity contribution in [2.45, 2.75) is 30.6 Å². The number of aromatic carboxylic acids is 1. The fraction of sp³-hybridized carbons (Fsp3) is 0.545. The number of hydrogen-bond acceptors (Lipinski definition) is 4. The molecule has 1 aromatic rings. The van der Waals surface area contributed by atoms with E-state index in [9.17, 15) is 13.2 Å². The highest BCUT2D eigenvalue weighted by Gasteiger charge is 2.21. The lowest BCUT2D eigenvalue weighted by atomic mass is 10.2. The number of sulfonamides is 1. The minimum atomic E-state index is -3.55. The molecule has 0 spiro atoms. The molecule has 1 aromatic heterocycles. The number of nitrogens with one attached hydrogen (secondary N) is 1. The molecule has 1 aliphatic rings. The van der Waals surface area contributed by atoms with Gasteiger partial charge in [-0.25, -0.2) is 17.9 Å². The molecule has 1 fully saturated rings. The molecule has 2 rings (SSSR count). The summed E-state index contributed by atoms with van der Waals surface area (Å²) in [5.74, 6) is -0.315. The molecular weight excluding hydrogens is 274 g/mol. The number of hydrogen-bond donors (Lipinski definition) is 2. The standard InChI is InChI=1S/C11H15NO4S2/c13-11(14)10-6-9(7-17-10)18(15,16)12-5-1-2-8-3-4-8/h6-8,12H,1-5H2,(H,13,14). The summed E-state index contributed by atoms with van der Waals surface area (Å²) in [4.78, 5) is 10.8. The first kappa shape index (κ1) is 13.5. The average Bonchev–Trinajstić information content (AvgIpc) is 2.96. The van der Waals surface area contributed by atoms with Gasteiger partial charge in [0.05, 0.1) is 4.90 Å². The van der Waals surface area contributed by atoms with Crippen molar-refractivity contribution < 1.29 is 18.3 Å². The van der Waals surface area contributed by atoms with Crippen LogP contribution in [0.25, 0.3) is 0 Å². The summed E-state index contributed by atoms with van der Waals surface area (Å²) in [6.07, 6.45) is 4.42. The second-order valence-corrected chi connectivity index (χ2v) is 7.11. The van der Waals surface area contributed by atoms with Crippen LogP contribution in [-0.2, 0) is 10.0 Å². The Kier molecular flexibility index (Phi) is 4.04. The van der Waals surface area contributed by atoms with Crippen molar-refractivity contribution in [3.05, 3.63) is 16.3 Å². The van der Waals surface area contributed by atoms with Gasteiger partial charge in [-0.1, -0.05) is 12.8 Å². The van der Waals surface area contributed by atoms with Crippen molar-refractivity contribution in [1.29, 1.82) is 0 Å². The first-order chi connectivity index (χ1) is 8.49. The van der Waals surface area contributed by atoms with Crippen LogP contribution in [0.3, 0.4) is 0 Å². The highest BCUT2D eigenvalue weighted by atomic mass is 32.2. The number of carboxylic acids is 1. The summed E-state index contributed by atoms with van der Waals surface area (Å²) in [6, 6.07) is 1.19. The Bertz CT molecular complexity index is 531. The fourth-order valence-corrected chi connectivity index (χ4v) is 3.84. The van der Waals surface area contributed by atoms with Gasteiger partial charge in [0.15, 0.2) is 0 Å². The van der Waals surface area contributed by atoms with Gasteiger partial charge < -0.3 is 5.11 Å². The Labute approximate surface area is 110 Å². The van der Waals surface area contributed by atoms with Crippen molar-refractivity contribution in [3.63, 3.8) is 0 Å². The Morgan fingerprint density at radius 3 is 2.78 bits per heavy atom. The molecule has 0 aromatic carbocycles. The maximum atomic E-state index is 11.8.